The molecule has 14 aromatic rings. The standard InChI is InChI=1S/C78H54N2.C12H12/c1-3-52-29-33-54(34-30-52)56-37-45-75-69(47-56)70-48-57(55-35-31-53(4-2)32-36-55)38-46-76(70)80(75)64-41-44-68-67-43-40-63(50-73(67)78(74(68)51-64,60-23-13-7-14-24-60)61-25-15-8-16-26-61)79-62-39-42-66-65-27-17-18-28-71(65)77(72(66)49-62,58-19-9-5-10-20-58)59-21-11-6-12-22-59;1-2-3-4-6-9-12-10-7-5-8-11-12/h3-51,79H,1-2H2;2-11H,1H2/b;4-3-,9-6-. The van der Waals surface area contributed by atoms with Crippen molar-refractivity contribution in [2.45, 2.75) is 10.8 Å². The Labute approximate surface area is 539 Å². The lowest BCUT2D eigenvalue weighted by Gasteiger charge is -2.34. The van der Waals surface area contributed by atoms with Crippen LogP contribution in [-0.2, 0) is 10.8 Å². The predicted octanol–water partition coefficient (Wildman–Crippen LogP) is 23.3. The monoisotopic (exact) mass is 1170 g/mol. The van der Waals surface area contributed by atoms with Crippen LogP contribution in [-0.4, -0.2) is 4.57 Å². The molecule has 92 heavy (non-hydrogen) atoms. The number of nitrogens with zero attached hydrogens (tertiary/aromatic N) is 1. The van der Waals surface area contributed by atoms with E-state index in [1.165, 1.54) is 105 Å². The molecule has 2 aliphatic carbocycles. The van der Waals surface area contributed by atoms with E-state index in [-0.39, 0.29) is 0 Å². The maximum absolute atomic E-state index is 4.00. The molecular formula is C90H66N2. The van der Waals surface area contributed by atoms with Crippen LogP contribution >= 0.6 is 0 Å². The van der Waals surface area contributed by atoms with E-state index in [1.54, 1.807) is 6.08 Å². The topological polar surface area (TPSA) is 17.0 Å². The molecule has 0 saturated carbocycles. The third kappa shape index (κ3) is 9.78. The zero-order valence-electron chi connectivity index (χ0n) is 51.1. The van der Waals surface area contributed by atoms with Crippen molar-refractivity contribution < 1.29 is 0 Å². The van der Waals surface area contributed by atoms with Gasteiger partial charge in [0, 0.05) is 27.8 Å². The molecule has 1 heterocycles. The van der Waals surface area contributed by atoms with E-state index in [1.807, 2.05) is 48.6 Å². The fourth-order valence-electron chi connectivity index (χ4n) is 14.5. The van der Waals surface area contributed by atoms with E-state index < -0.39 is 10.8 Å². The van der Waals surface area contributed by atoms with Gasteiger partial charge in [0.15, 0.2) is 0 Å². The van der Waals surface area contributed by atoms with Crippen molar-refractivity contribution in [3.63, 3.8) is 0 Å². The molecule has 1 N–H and O–H groups in total. The fraction of sp³-hybridized carbons (Fsp3) is 0.0222. The van der Waals surface area contributed by atoms with Crippen LogP contribution in [0.4, 0.5) is 11.4 Å². The molecule has 1 aromatic heterocycles. The Kier molecular flexibility index (Phi) is 14.9. The largest absolute Gasteiger partial charge is 0.356 e. The molecule has 2 nitrogen and oxygen atoms in total. The van der Waals surface area contributed by atoms with Crippen molar-refractivity contribution in [1.82, 2.24) is 4.57 Å². The Morgan fingerprint density at radius 3 is 1.14 bits per heavy atom. The highest BCUT2D eigenvalue weighted by atomic mass is 15.0. The molecule has 0 atom stereocenters. The Hall–Kier alpha value is -11.8. The SMILES string of the molecule is C=C/C=C\C=C/c1ccccc1.C=Cc1ccc(-c2ccc3c(c2)c2cc(-c4ccc(C=C)cc4)ccc2n3-c2ccc3c(c2)C(c2ccccc2)(c2ccccc2)c2cc(Nc4ccc5c(c4)C(c4ccccc4)(c4ccccc4)c4ccccc4-5)ccc2-3)cc1. The minimum absolute atomic E-state index is 0.504. The van der Waals surface area contributed by atoms with Crippen molar-refractivity contribution in [1.29, 1.82) is 0 Å². The fourth-order valence-corrected chi connectivity index (χ4v) is 14.5. The van der Waals surface area contributed by atoms with Crippen molar-refractivity contribution in [2.75, 3.05) is 5.32 Å². The van der Waals surface area contributed by atoms with Gasteiger partial charge in [0.1, 0.15) is 0 Å². The molecule has 0 fully saturated rings. The van der Waals surface area contributed by atoms with Crippen LogP contribution in [0.15, 0.2) is 359 Å². The summed E-state index contributed by atoms with van der Waals surface area (Å²) >= 11 is 0. The second-order valence-corrected chi connectivity index (χ2v) is 23.7. The van der Waals surface area contributed by atoms with Crippen molar-refractivity contribution >= 4 is 51.4 Å². The van der Waals surface area contributed by atoms with Crippen LogP contribution < -0.4 is 5.32 Å². The summed E-state index contributed by atoms with van der Waals surface area (Å²) in [4.78, 5) is 0. The summed E-state index contributed by atoms with van der Waals surface area (Å²) < 4.78 is 2.48. The zero-order chi connectivity index (χ0) is 62.0. The first-order valence-electron chi connectivity index (χ1n) is 31.6. The summed E-state index contributed by atoms with van der Waals surface area (Å²) in [6, 6.07) is 116. The van der Waals surface area contributed by atoms with Crippen LogP contribution in [0, 0.1) is 0 Å². The average molecular weight is 1180 g/mol. The minimum Gasteiger partial charge on any atom is -0.356 e. The van der Waals surface area contributed by atoms with E-state index in [9.17, 15) is 0 Å². The van der Waals surface area contributed by atoms with Crippen LogP contribution in [0.2, 0.25) is 0 Å². The molecule has 2 heteroatoms. The molecule has 0 bridgehead atoms. The summed E-state index contributed by atoms with van der Waals surface area (Å²) in [6.45, 7) is 11.6. The first-order chi connectivity index (χ1) is 45.5. The van der Waals surface area contributed by atoms with Crippen LogP contribution in [0.5, 0.6) is 0 Å². The molecule has 16 rings (SSSR count). The van der Waals surface area contributed by atoms with Gasteiger partial charge in [-0.3, -0.25) is 0 Å². The van der Waals surface area contributed by atoms with E-state index in [0.29, 0.717) is 0 Å². The van der Waals surface area contributed by atoms with Crippen LogP contribution in [0.25, 0.3) is 90.2 Å². The van der Waals surface area contributed by atoms with Gasteiger partial charge in [0.2, 0.25) is 0 Å². The number of hydrogen-bond acceptors (Lipinski definition) is 1. The number of nitrogens with one attached hydrogen (secondary N) is 1. The number of hydrogen-bond donors (Lipinski definition) is 1. The normalized spacial score (nSPS) is 13.0. The van der Waals surface area contributed by atoms with Gasteiger partial charge in [-0.05, 0) is 166 Å². The summed E-state index contributed by atoms with van der Waals surface area (Å²) in [7, 11) is 0. The molecule has 13 aromatic carbocycles. The lowest BCUT2D eigenvalue weighted by molar-refractivity contribution is 0.767. The van der Waals surface area contributed by atoms with Crippen molar-refractivity contribution in [2.24, 2.45) is 0 Å². The Morgan fingerprint density at radius 2 is 0.685 bits per heavy atom. The van der Waals surface area contributed by atoms with E-state index in [4.69, 9.17) is 0 Å². The zero-order valence-corrected chi connectivity index (χ0v) is 51.1. The van der Waals surface area contributed by atoms with E-state index in [2.05, 4.69) is 333 Å². The van der Waals surface area contributed by atoms with Crippen molar-refractivity contribution in [3.8, 4) is 50.2 Å². The van der Waals surface area contributed by atoms with E-state index in [0.717, 1.165) is 39.2 Å². The number of aromatic nitrogens is 1. The first-order valence-corrected chi connectivity index (χ1v) is 31.6. The second kappa shape index (κ2) is 24.3. The Bertz CT molecular complexity index is 4940. The van der Waals surface area contributed by atoms with Gasteiger partial charge < -0.3 is 9.88 Å². The second-order valence-electron chi connectivity index (χ2n) is 23.7. The summed E-state index contributed by atoms with van der Waals surface area (Å²) in [5.41, 5.74) is 27.4. The highest BCUT2D eigenvalue weighted by Crippen LogP contribution is 2.59. The quantitative estimate of drug-likeness (QED) is 0.107. The first kappa shape index (κ1) is 56.7. The third-order valence-electron chi connectivity index (χ3n) is 18.7. The molecule has 0 spiro atoms. The van der Waals surface area contributed by atoms with Gasteiger partial charge in [-0.25, -0.2) is 0 Å². The molecule has 0 unspecified atom stereocenters. The number of fused-ring (bicyclic) bond motifs is 9. The molecule has 0 radical (unpaired) electrons. The number of rotatable bonds is 14. The third-order valence-corrected chi connectivity index (χ3v) is 18.7. The highest BCUT2D eigenvalue weighted by Gasteiger charge is 2.48. The maximum Gasteiger partial charge on any atom is 0.0715 e. The van der Waals surface area contributed by atoms with Gasteiger partial charge in [-0.2, -0.15) is 0 Å². The summed E-state index contributed by atoms with van der Waals surface area (Å²) in [6.07, 6.45) is 13.5. The van der Waals surface area contributed by atoms with E-state index >= 15 is 0 Å². The van der Waals surface area contributed by atoms with Gasteiger partial charge in [0.25, 0.3) is 0 Å². The number of benzene rings is 13. The van der Waals surface area contributed by atoms with Gasteiger partial charge in [-0.1, -0.05) is 317 Å². The van der Waals surface area contributed by atoms with Gasteiger partial charge in [-0.15, -0.1) is 0 Å². The minimum atomic E-state index is -0.662. The predicted molar refractivity (Wildman–Crippen MR) is 391 cm³/mol. The Balaban J connectivity index is 0.000000529. The average Bonchev–Trinajstić information content (AvgIpc) is 1.51. The lowest BCUT2D eigenvalue weighted by Crippen LogP contribution is -2.29. The summed E-state index contributed by atoms with van der Waals surface area (Å²) in [5, 5.41) is 6.41. The van der Waals surface area contributed by atoms with Gasteiger partial charge >= 0.3 is 0 Å². The molecule has 0 saturated heterocycles. The van der Waals surface area contributed by atoms with Crippen LogP contribution in [0.1, 0.15) is 61.2 Å². The van der Waals surface area contributed by atoms with Crippen molar-refractivity contribution in [3.05, 3.63) is 421 Å². The smallest absolute Gasteiger partial charge is 0.0715 e. The highest BCUT2D eigenvalue weighted by molar-refractivity contribution is 6.12. The van der Waals surface area contributed by atoms with Crippen LogP contribution in [0.3, 0.4) is 0 Å². The number of allylic oxidation sites excluding steroid dienone is 4. The maximum atomic E-state index is 4.00. The number of anilines is 2. The summed E-state index contributed by atoms with van der Waals surface area (Å²) in [5.74, 6) is 0. The lowest BCUT2D eigenvalue weighted by atomic mass is 9.67. The Morgan fingerprint density at radius 1 is 0.293 bits per heavy atom. The molecule has 0 amide bonds. The molecule has 0 aliphatic heterocycles. The van der Waals surface area contributed by atoms with Gasteiger partial charge in [0.05, 0.1) is 21.9 Å². The molecule has 2 aliphatic rings. The molecular weight excluding hydrogens is 1110 g/mol. The molecule has 436 valence electrons.